The quantitative estimate of drug-likeness (QED) is 0.538. The second-order valence-electron chi connectivity index (χ2n) is 8.62. The summed E-state index contributed by atoms with van der Waals surface area (Å²) in [4.78, 5) is 22.7. The average Bonchev–Trinajstić information content (AvgIpc) is 3.41. The summed E-state index contributed by atoms with van der Waals surface area (Å²) < 4.78 is 9.41. The van der Waals surface area contributed by atoms with Gasteiger partial charge in [0.2, 0.25) is 0 Å². The molecule has 6 heteroatoms. The second-order valence-corrected chi connectivity index (χ2v) is 8.62. The Labute approximate surface area is 167 Å². The lowest BCUT2D eigenvalue weighted by Gasteiger charge is -1.99. The van der Waals surface area contributed by atoms with Crippen LogP contribution < -0.4 is 0 Å². The van der Waals surface area contributed by atoms with E-state index in [1.54, 1.807) is 13.8 Å². The molecule has 2 rings (SSSR count). The van der Waals surface area contributed by atoms with Crippen LogP contribution in [-0.4, -0.2) is 26.2 Å². The predicted octanol–water partition coefficient (Wildman–Crippen LogP) is 3.80. The van der Waals surface area contributed by atoms with Crippen LogP contribution in [0.15, 0.2) is 23.3 Å². The van der Waals surface area contributed by atoms with Gasteiger partial charge in [0.25, 0.3) is 0 Å². The second kappa shape index (κ2) is 8.61. The highest BCUT2D eigenvalue weighted by molar-refractivity contribution is 5.78. The van der Waals surface area contributed by atoms with Crippen LogP contribution in [0.3, 0.4) is 0 Å². The minimum atomic E-state index is -0.179. The van der Waals surface area contributed by atoms with Gasteiger partial charge in [-0.2, -0.15) is 10.5 Å². The van der Waals surface area contributed by atoms with Gasteiger partial charge in [0, 0.05) is 11.1 Å². The molecule has 2 fully saturated rings. The van der Waals surface area contributed by atoms with Gasteiger partial charge in [0.05, 0.1) is 38.2 Å². The molecule has 2 saturated carbocycles. The number of carbonyl (C=O) groups is 2. The minimum Gasteiger partial charge on any atom is -0.469 e. The van der Waals surface area contributed by atoms with Crippen LogP contribution in [0.25, 0.3) is 0 Å². The molecular formula is C22H30N2O4. The molecule has 0 aromatic carbocycles. The van der Waals surface area contributed by atoms with E-state index in [0.29, 0.717) is 11.1 Å². The smallest absolute Gasteiger partial charge is 0.309 e. The number of rotatable bonds is 4. The fourth-order valence-corrected chi connectivity index (χ4v) is 3.74. The number of nitriles is 2. The molecule has 4 atom stereocenters. The fourth-order valence-electron chi connectivity index (χ4n) is 3.74. The zero-order chi connectivity index (χ0) is 21.9. The molecule has 0 amide bonds. The average molecular weight is 386 g/mol. The summed E-state index contributed by atoms with van der Waals surface area (Å²) in [5.74, 6) is -0.236. The summed E-state index contributed by atoms with van der Waals surface area (Å²) in [7, 11) is 2.79. The minimum absolute atomic E-state index is 0.0643. The van der Waals surface area contributed by atoms with E-state index >= 15 is 0 Å². The highest BCUT2D eigenvalue weighted by Gasteiger charge is 2.62. The van der Waals surface area contributed by atoms with Crippen molar-refractivity contribution in [1.29, 1.82) is 10.5 Å². The van der Waals surface area contributed by atoms with Crippen molar-refractivity contribution in [1.82, 2.24) is 0 Å². The highest BCUT2D eigenvalue weighted by Crippen LogP contribution is 2.60. The van der Waals surface area contributed by atoms with Crippen LogP contribution in [0.1, 0.15) is 41.5 Å². The van der Waals surface area contributed by atoms with Gasteiger partial charge >= 0.3 is 11.9 Å². The SMILES string of the molecule is COC(=O)[C@@H]1[C@@H](/C=C(/C)C#N)C1(C)C.COC(=O)[C@@H]1[C@@H](/C=C(\C)C#N)C1(C)C. The lowest BCUT2D eigenvalue weighted by Crippen LogP contribution is -2.07. The molecule has 2 aliphatic rings. The number of esters is 2. The van der Waals surface area contributed by atoms with E-state index in [2.05, 4.69) is 12.1 Å². The Bertz CT molecular complexity index is 711. The van der Waals surface area contributed by atoms with E-state index in [4.69, 9.17) is 20.0 Å². The Hall–Kier alpha value is -2.60. The van der Waals surface area contributed by atoms with Crippen LogP contribution in [0.5, 0.6) is 0 Å². The van der Waals surface area contributed by atoms with Crippen molar-refractivity contribution in [3.63, 3.8) is 0 Å². The number of hydrogen-bond donors (Lipinski definition) is 0. The lowest BCUT2D eigenvalue weighted by atomic mass is 10.1. The van der Waals surface area contributed by atoms with Crippen molar-refractivity contribution < 1.29 is 19.1 Å². The summed E-state index contributed by atoms with van der Waals surface area (Å²) in [6, 6.07) is 4.12. The maximum atomic E-state index is 11.3. The van der Waals surface area contributed by atoms with Crippen LogP contribution >= 0.6 is 0 Å². The number of methoxy groups -OCH3 is 2. The predicted molar refractivity (Wildman–Crippen MR) is 104 cm³/mol. The summed E-state index contributed by atoms with van der Waals surface area (Å²) >= 11 is 0. The fraction of sp³-hybridized carbons (Fsp3) is 0.636. The van der Waals surface area contributed by atoms with Crippen molar-refractivity contribution >= 4 is 11.9 Å². The molecule has 152 valence electrons. The molecule has 6 nitrogen and oxygen atoms in total. The third kappa shape index (κ3) is 4.81. The van der Waals surface area contributed by atoms with Crippen LogP contribution in [0.4, 0.5) is 0 Å². The first-order valence-electron chi connectivity index (χ1n) is 9.22. The molecule has 0 saturated heterocycles. The molecule has 0 aromatic rings. The topological polar surface area (TPSA) is 100 Å². The monoisotopic (exact) mass is 386 g/mol. The van der Waals surface area contributed by atoms with Crippen molar-refractivity contribution in [3.8, 4) is 12.1 Å². The Morgan fingerprint density at radius 1 is 0.786 bits per heavy atom. The van der Waals surface area contributed by atoms with E-state index in [9.17, 15) is 9.59 Å². The van der Waals surface area contributed by atoms with Crippen LogP contribution in [0, 0.1) is 57.2 Å². The Morgan fingerprint density at radius 3 is 1.29 bits per heavy atom. The van der Waals surface area contributed by atoms with Gasteiger partial charge in [-0.15, -0.1) is 0 Å². The molecular weight excluding hydrogens is 356 g/mol. The van der Waals surface area contributed by atoms with E-state index in [1.165, 1.54) is 14.2 Å². The largest absolute Gasteiger partial charge is 0.469 e. The molecule has 0 N–H and O–H groups in total. The van der Waals surface area contributed by atoms with Gasteiger partial charge in [-0.1, -0.05) is 39.8 Å². The van der Waals surface area contributed by atoms with Crippen LogP contribution in [-0.2, 0) is 19.1 Å². The lowest BCUT2D eigenvalue weighted by molar-refractivity contribution is -0.144. The molecule has 0 aliphatic heterocycles. The van der Waals surface area contributed by atoms with Crippen molar-refractivity contribution in [3.05, 3.63) is 23.3 Å². The molecule has 0 heterocycles. The standard InChI is InChI=1S/2C11H15NO2/c2*1-7(6-12)5-8-9(10(13)14-4)11(8,2)3/h2*5,8-9H,1-4H3/b7-5+;7-5-/t2*8-,9+/m11/s1. The highest BCUT2D eigenvalue weighted by atomic mass is 16.5. The summed E-state index contributed by atoms with van der Waals surface area (Å²) in [5.41, 5.74) is 1.19. The number of hydrogen-bond acceptors (Lipinski definition) is 6. The number of allylic oxidation sites excluding steroid dienone is 4. The molecule has 0 unspecified atom stereocenters. The zero-order valence-electron chi connectivity index (χ0n) is 18.0. The van der Waals surface area contributed by atoms with E-state index in [0.717, 1.165) is 0 Å². The Morgan fingerprint density at radius 2 is 1.07 bits per heavy atom. The Balaban J connectivity index is 0.000000280. The van der Waals surface area contributed by atoms with Gasteiger partial charge in [0.1, 0.15) is 0 Å². The normalized spacial score (nSPS) is 29.2. The number of ether oxygens (including phenoxy) is 2. The molecule has 2 aliphatic carbocycles. The third-order valence-electron chi connectivity index (χ3n) is 5.94. The van der Waals surface area contributed by atoms with Gasteiger partial charge in [-0.3, -0.25) is 9.59 Å². The summed E-state index contributed by atoms with van der Waals surface area (Å²) in [5, 5.41) is 17.3. The molecule has 0 radical (unpaired) electrons. The first-order chi connectivity index (χ1) is 12.9. The maximum Gasteiger partial charge on any atom is 0.309 e. The molecule has 0 bridgehead atoms. The first kappa shape index (κ1) is 23.4. The van der Waals surface area contributed by atoms with E-state index < -0.39 is 0 Å². The maximum absolute atomic E-state index is 11.3. The third-order valence-corrected chi connectivity index (χ3v) is 5.94. The number of nitrogens with zero attached hydrogens (tertiary/aromatic N) is 2. The molecule has 28 heavy (non-hydrogen) atoms. The van der Waals surface area contributed by atoms with Crippen molar-refractivity contribution in [2.45, 2.75) is 41.5 Å². The van der Waals surface area contributed by atoms with Gasteiger partial charge in [0.15, 0.2) is 0 Å². The van der Waals surface area contributed by atoms with E-state index in [1.807, 2.05) is 39.8 Å². The molecule has 0 spiro atoms. The summed E-state index contributed by atoms with van der Waals surface area (Å²) in [6.45, 7) is 11.6. The van der Waals surface area contributed by atoms with Crippen LogP contribution in [0.2, 0.25) is 0 Å². The summed E-state index contributed by atoms with van der Waals surface area (Å²) in [6.07, 6.45) is 3.73. The van der Waals surface area contributed by atoms with Gasteiger partial charge in [-0.25, -0.2) is 0 Å². The van der Waals surface area contributed by atoms with Gasteiger partial charge < -0.3 is 9.47 Å². The van der Waals surface area contributed by atoms with Crippen molar-refractivity contribution in [2.75, 3.05) is 14.2 Å². The molecule has 0 aromatic heterocycles. The number of carbonyl (C=O) groups excluding carboxylic acids is 2. The van der Waals surface area contributed by atoms with E-state index in [-0.39, 0.29) is 46.4 Å². The van der Waals surface area contributed by atoms with Crippen molar-refractivity contribution in [2.24, 2.45) is 34.5 Å². The van der Waals surface area contributed by atoms with Gasteiger partial charge in [-0.05, 0) is 36.5 Å². The Kier molecular flexibility index (Phi) is 7.20. The zero-order valence-corrected chi connectivity index (χ0v) is 18.0. The first-order valence-corrected chi connectivity index (χ1v) is 9.22.